The van der Waals surface area contributed by atoms with Crippen molar-refractivity contribution < 1.29 is 9.59 Å². The quantitative estimate of drug-likeness (QED) is 0.641. The summed E-state index contributed by atoms with van der Waals surface area (Å²) in [6.45, 7) is 1.33. The van der Waals surface area contributed by atoms with Crippen LogP contribution in [0.2, 0.25) is 10.0 Å². The molecule has 2 aromatic carbocycles. The average Bonchev–Trinajstić information content (AvgIpc) is 3.17. The van der Waals surface area contributed by atoms with Gasteiger partial charge in [0.05, 0.1) is 18.2 Å². The van der Waals surface area contributed by atoms with E-state index in [2.05, 4.69) is 9.88 Å². The summed E-state index contributed by atoms with van der Waals surface area (Å²) in [6, 6.07) is 12.2. The van der Waals surface area contributed by atoms with Gasteiger partial charge in [-0.05, 0) is 48.4 Å². The van der Waals surface area contributed by atoms with Crippen LogP contribution in [0.1, 0.15) is 17.7 Å². The van der Waals surface area contributed by atoms with Crippen LogP contribution in [0.3, 0.4) is 0 Å². The molecule has 2 aliphatic rings. The SMILES string of the molecule is O=C1C[C@@H](N2CCc3c([nH]c4ccc(Cl)cc34)C2)C(=O)N1c1cccc(Cl)c1. The van der Waals surface area contributed by atoms with E-state index in [1.807, 2.05) is 18.2 Å². The van der Waals surface area contributed by atoms with Crippen molar-refractivity contribution in [3.05, 3.63) is 63.8 Å². The van der Waals surface area contributed by atoms with Gasteiger partial charge in [-0.3, -0.25) is 14.5 Å². The maximum atomic E-state index is 13.0. The lowest BCUT2D eigenvalue weighted by molar-refractivity contribution is -0.123. The number of carbonyl (C=O) groups is 2. The Morgan fingerprint density at radius 1 is 1.04 bits per heavy atom. The van der Waals surface area contributed by atoms with Gasteiger partial charge in [0.25, 0.3) is 5.91 Å². The predicted molar refractivity (Wildman–Crippen MR) is 110 cm³/mol. The molecular formula is C21H17Cl2N3O2. The Labute approximate surface area is 171 Å². The normalized spacial score (nSPS) is 20.2. The van der Waals surface area contributed by atoms with Gasteiger partial charge in [0.1, 0.15) is 0 Å². The van der Waals surface area contributed by atoms with Crippen LogP contribution < -0.4 is 4.90 Å². The topological polar surface area (TPSA) is 56.4 Å². The molecule has 0 radical (unpaired) electrons. The van der Waals surface area contributed by atoms with Crippen LogP contribution in [0.15, 0.2) is 42.5 Å². The van der Waals surface area contributed by atoms with E-state index in [4.69, 9.17) is 23.2 Å². The summed E-state index contributed by atoms with van der Waals surface area (Å²) in [5, 5.41) is 2.35. The van der Waals surface area contributed by atoms with Crippen LogP contribution in [0.25, 0.3) is 10.9 Å². The summed E-state index contributed by atoms with van der Waals surface area (Å²) in [7, 11) is 0. The maximum absolute atomic E-state index is 13.0. The van der Waals surface area contributed by atoms with Crippen molar-refractivity contribution in [1.82, 2.24) is 9.88 Å². The number of benzene rings is 2. The third-order valence-corrected chi connectivity index (χ3v) is 6.07. The zero-order valence-electron chi connectivity index (χ0n) is 14.9. The van der Waals surface area contributed by atoms with Crippen LogP contribution >= 0.6 is 23.2 Å². The molecule has 5 nitrogen and oxygen atoms in total. The lowest BCUT2D eigenvalue weighted by Crippen LogP contribution is -2.44. The molecule has 0 spiro atoms. The van der Waals surface area contributed by atoms with Crippen molar-refractivity contribution in [2.24, 2.45) is 0 Å². The molecule has 2 aliphatic heterocycles. The summed E-state index contributed by atoms with van der Waals surface area (Å²) >= 11 is 12.2. The van der Waals surface area contributed by atoms with Gasteiger partial charge in [-0.2, -0.15) is 0 Å². The minimum Gasteiger partial charge on any atom is -0.357 e. The lowest BCUT2D eigenvalue weighted by Gasteiger charge is -2.30. The molecule has 7 heteroatoms. The molecule has 0 saturated carbocycles. The van der Waals surface area contributed by atoms with Crippen molar-refractivity contribution >= 4 is 51.6 Å². The van der Waals surface area contributed by atoms with Crippen LogP contribution in [-0.4, -0.2) is 34.3 Å². The van der Waals surface area contributed by atoms with E-state index >= 15 is 0 Å². The third-order valence-electron chi connectivity index (χ3n) is 5.60. The van der Waals surface area contributed by atoms with Gasteiger partial charge < -0.3 is 4.98 Å². The van der Waals surface area contributed by atoms with Crippen molar-refractivity contribution in [3.63, 3.8) is 0 Å². The summed E-state index contributed by atoms with van der Waals surface area (Å²) in [4.78, 5) is 32.4. The number of imide groups is 1. The predicted octanol–water partition coefficient (Wildman–Crippen LogP) is 4.16. The Morgan fingerprint density at radius 3 is 2.68 bits per heavy atom. The molecule has 5 rings (SSSR count). The molecule has 1 fully saturated rings. The summed E-state index contributed by atoms with van der Waals surface area (Å²) < 4.78 is 0. The van der Waals surface area contributed by atoms with Crippen molar-refractivity contribution in [2.45, 2.75) is 25.4 Å². The van der Waals surface area contributed by atoms with Gasteiger partial charge in [-0.15, -0.1) is 0 Å². The highest BCUT2D eigenvalue weighted by Gasteiger charge is 2.43. The van der Waals surface area contributed by atoms with E-state index < -0.39 is 6.04 Å². The fourth-order valence-electron chi connectivity index (χ4n) is 4.29. The van der Waals surface area contributed by atoms with E-state index in [0.717, 1.165) is 29.6 Å². The number of hydrogen-bond donors (Lipinski definition) is 1. The van der Waals surface area contributed by atoms with Gasteiger partial charge in [-0.25, -0.2) is 4.90 Å². The van der Waals surface area contributed by atoms with Crippen LogP contribution in [0.5, 0.6) is 0 Å². The van der Waals surface area contributed by atoms with E-state index in [-0.39, 0.29) is 18.2 Å². The number of carbonyl (C=O) groups excluding carboxylic acids is 2. The molecule has 0 unspecified atom stereocenters. The largest absolute Gasteiger partial charge is 0.357 e. The van der Waals surface area contributed by atoms with Gasteiger partial charge in [0, 0.05) is 39.7 Å². The summed E-state index contributed by atoms with van der Waals surface area (Å²) in [5.41, 5.74) is 3.91. The number of nitrogens with one attached hydrogen (secondary N) is 1. The Hall–Kier alpha value is -2.34. The average molecular weight is 414 g/mol. The molecule has 0 aliphatic carbocycles. The molecule has 1 aromatic heterocycles. The zero-order valence-corrected chi connectivity index (χ0v) is 16.4. The number of nitrogens with zero attached hydrogens (tertiary/aromatic N) is 2. The van der Waals surface area contributed by atoms with Gasteiger partial charge in [0.2, 0.25) is 5.91 Å². The Kier molecular flexibility index (Phi) is 4.19. The third kappa shape index (κ3) is 2.82. The Morgan fingerprint density at radius 2 is 1.86 bits per heavy atom. The molecule has 2 amide bonds. The smallest absolute Gasteiger partial charge is 0.251 e. The molecule has 1 N–H and O–H groups in total. The Balaban J connectivity index is 1.43. The van der Waals surface area contributed by atoms with Crippen molar-refractivity contribution in [2.75, 3.05) is 11.4 Å². The van der Waals surface area contributed by atoms with Gasteiger partial charge >= 0.3 is 0 Å². The van der Waals surface area contributed by atoms with Crippen LogP contribution in [0.4, 0.5) is 5.69 Å². The van der Waals surface area contributed by atoms with E-state index in [1.165, 1.54) is 10.5 Å². The fraction of sp³-hybridized carbons (Fsp3) is 0.238. The first-order valence-electron chi connectivity index (χ1n) is 9.16. The molecule has 3 aromatic rings. The monoisotopic (exact) mass is 413 g/mol. The first-order valence-corrected chi connectivity index (χ1v) is 9.92. The number of rotatable bonds is 2. The molecule has 142 valence electrons. The Bertz CT molecular complexity index is 1120. The highest BCUT2D eigenvalue weighted by Crippen LogP contribution is 2.33. The molecule has 1 atom stereocenters. The van der Waals surface area contributed by atoms with Gasteiger partial charge in [0.15, 0.2) is 0 Å². The number of anilines is 1. The number of fused-ring (bicyclic) bond motifs is 3. The number of halogens is 2. The minimum atomic E-state index is -0.449. The van der Waals surface area contributed by atoms with E-state index in [9.17, 15) is 9.59 Å². The van der Waals surface area contributed by atoms with E-state index in [1.54, 1.807) is 24.3 Å². The number of aromatic nitrogens is 1. The lowest BCUT2D eigenvalue weighted by atomic mass is 10.0. The molecule has 1 saturated heterocycles. The van der Waals surface area contributed by atoms with Crippen LogP contribution in [-0.2, 0) is 22.6 Å². The minimum absolute atomic E-state index is 0.185. The standard InChI is InChI=1S/C21H17Cl2N3O2/c22-12-2-1-3-14(8-12)26-20(27)10-19(21(26)28)25-7-6-15-16-9-13(23)4-5-17(16)24-18(15)11-25/h1-5,8-9,19,24H,6-7,10-11H2/t19-/m1/s1. The van der Waals surface area contributed by atoms with Gasteiger partial charge in [-0.1, -0.05) is 29.3 Å². The highest BCUT2D eigenvalue weighted by molar-refractivity contribution is 6.31. The maximum Gasteiger partial charge on any atom is 0.251 e. The van der Waals surface area contributed by atoms with Crippen molar-refractivity contribution in [1.29, 1.82) is 0 Å². The van der Waals surface area contributed by atoms with E-state index in [0.29, 0.717) is 22.3 Å². The molecule has 0 bridgehead atoms. The zero-order chi connectivity index (χ0) is 19.4. The number of hydrogen-bond acceptors (Lipinski definition) is 3. The van der Waals surface area contributed by atoms with Crippen LogP contribution in [0, 0.1) is 0 Å². The second-order valence-electron chi connectivity index (χ2n) is 7.26. The fourth-order valence-corrected chi connectivity index (χ4v) is 4.64. The number of amides is 2. The number of H-pyrrole nitrogens is 1. The first-order chi connectivity index (χ1) is 13.5. The van der Waals surface area contributed by atoms with Crippen molar-refractivity contribution in [3.8, 4) is 0 Å². The number of aromatic amines is 1. The summed E-state index contributed by atoms with van der Waals surface area (Å²) in [5.74, 6) is -0.374. The molecule has 3 heterocycles. The second kappa shape index (κ2) is 6.62. The molecular weight excluding hydrogens is 397 g/mol. The first kappa shape index (κ1) is 17.7. The summed E-state index contributed by atoms with van der Waals surface area (Å²) in [6.07, 6.45) is 0.998. The second-order valence-corrected chi connectivity index (χ2v) is 8.13. The molecule has 28 heavy (non-hydrogen) atoms. The highest BCUT2D eigenvalue weighted by atomic mass is 35.5.